The van der Waals surface area contributed by atoms with Crippen LogP contribution in [-0.2, 0) is 0 Å². The first kappa shape index (κ1) is 12.4. The Hall–Kier alpha value is -2.05. The molecule has 0 fully saturated rings. The summed E-state index contributed by atoms with van der Waals surface area (Å²) < 4.78 is 18.7. The maximum absolute atomic E-state index is 13.1. The second-order valence-corrected chi connectivity index (χ2v) is 4.20. The molecule has 0 amide bonds. The van der Waals surface area contributed by atoms with Gasteiger partial charge in [0.2, 0.25) is 0 Å². The average molecular weight is 262 g/mol. The second-order valence-electron chi connectivity index (χ2n) is 3.76. The lowest BCUT2D eigenvalue weighted by molar-refractivity contribution is 0.471. The van der Waals surface area contributed by atoms with E-state index in [0.717, 1.165) is 5.56 Å². The van der Waals surface area contributed by atoms with Crippen molar-refractivity contribution < 1.29 is 9.13 Å². The molecule has 2 nitrogen and oxygen atoms in total. The van der Waals surface area contributed by atoms with E-state index in [2.05, 4.69) is 0 Å². The topological polar surface area (TPSA) is 33.0 Å². The highest BCUT2D eigenvalue weighted by Crippen LogP contribution is 2.30. The Balaban J connectivity index is 2.43. The second kappa shape index (κ2) is 5.07. The zero-order chi connectivity index (χ0) is 13.1. The Morgan fingerprint density at radius 1 is 1.17 bits per heavy atom. The minimum atomic E-state index is -0.392. The summed E-state index contributed by atoms with van der Waals surface area (Å²) >= 11 is 5.85. The fraction of sp³-hybridized carbons (Fsp3) is 0.0714. The SMILES string of the molecule is Cc1ccc(F)cc1Oc1cc(Cl)ccc1C#N. The molecule has 0 aliphatic carbocycles. The molecule has 0 aliphatic heterocycles. The molecular weight excluding hydrogens is 253 g/mol. The van der Waals surface area contributed by atoms with Gasteiger partial charge < -0.3 is 4.74 Å². The zero-order valence-corrected chi connectivity index (χ0v) is 10.3. The van der Waals surface area contributed by atoms with Crippen LogP contribution >= 0.6 is 11.6 Å². The van der Waals surface area contributed by atoms with Crippen molar-refractivity contribution in [2.75, 3.05) is 0 Å². The number of hydrogen-bond acceptors (Lipinski definition) is 2. The van der Waals surface area contributed by atoms with Crippen molar-refractivity contribution in [2.24, 2.45) is 0 Å². The summed E-state index contributed by atoms with van der Waals surface area (Å²) in [5.41, 5.74) is 1.13. The maximum Gasteiger partial charge on any atom is 0.146 e. The molecule has 0 saturated heterocycles. The van der Waals surface area contributed by atoms with Gasteiger partial charge in [0.05, 0.1) is 5.56 Å². The maximum atomic E-state index is 13.1. The van der Waals surface area contributed by atoms with Crippen LogP contribution in [0.15, 0.2) is 36.4 Å². The van der Waals surface area contributed by atoms with E-state index >= 15 is 0 Å². The number of ether oxygens (including phenoxy) is 1. The van der Waals surface area contributed by atoms with Gasteiger partial charge in [-0.2, -0.15) is 5.26 Å². The van der Waals surface area contributed by atoms with E-state index in [9.17, 15) is 4.39 Å². The van der Waals surface area contributed by atoms with Crippen molar-refractivity contribution >= 4 is 11.6 Å². The van der Waals surface area contributed by atoms with E-state index in [1.165, 1.54) is 18.2 Å². The van der Waals surface area contributed by atoms with Gasteiger partial charge in [0.1, 0.15) is 23.4 Å². The third-order valence-electron chi connectivity index (χ3n) is 2.43. The van der Waals surface area contributed by atoms with Crippen LogP contribution in [0.4, 0.5) is 4.39 Å². The van der Waals surface area contributed by atoms with Crippen LogP contribution in [0.5, 0.6) is 11.5 Å². The predicted molar refractivity (Wildman–Crippen MR) is 67.4 cm³/mol. The molecule has 0 aromatic heterocycles. The summed E-state index contributed by atoms with van der Waals surface area (Å²) in [7, 11) is 0. The van der Waals surface area contributed by atoms with Crippen molar-refractivity contribution in [1.29, 1.82) is 5.26 Å². The lowest BCUT2D eigenvalue weighted by atomic mass is 10.2. The zero-order valence-electron chi connectivity index (χ0n) is 9.58. The first-order valence-electron chi connectivity index (χ1n) is 5.24. The smallest absolute Gasteiger partial charge is 0.146 e. The highest BCUT2D eigenvalue weighted by atomic mass is 35.5. The number of halogens is 2. The van der Waals surface area contributed by atoms with Crippen molar-refractivity contribution in [2.45, 2.75) is 6.92 Å². The molecule has 90 valence electrons. The number of benzene rings is 2. The fourth-order valence-corrected chi connectivity index (χ4v) is 1.64. The number of rotatable bonds is 2. The van der Waals surface area contributed by atoms with Gasteiger partial charge in [-0.3, -0.25) is 0 Å². The van der Waals surface area contributed by atoms with Gasteiger partial charge >= 0.3 is 0 Å². The van der Waals surface area contributed by atoms with Crippen LogP contribution in [-0.4, -0.2) is 0 Å². The van der Waals surface area contributed by atoms with Gasteiger partial charge in [-0.05, 0) is 30.7 Å². The molecule has 0 saturated carbocycles. The minimum Gasteiger partial charge on any atom is -0.456 e. The number of aryl methyl sites for hydroxylation is 1. The fourth-order valence-electron chi connectivity index (χ4n) is 1.48. The molecule has 0 radical (unpaired) electrons. The molecule has 0 N–H and O–H groups in total. The van der Waals surface area contributed by atoms with Crippen LogP contribution in [0.25, 0.3) is 0 Å². The lowest BCUT2D eigenvalue weighted by Crippen LogP contribution is -1.91. The van der Waals surface area contributed by atoms with Crippen molar-refractivity contribution in [1.82, 2.24) is 0 Å². The molecule has 0 bridgehead atoms. The largest absolute Gasteiger partial charge is 0.456 e. The Morgan fingerprint density at radius 3 is 2.67 bits per heavy atom. The molecular formula is C14H9ClFNO. The molecule has 4 heteroatoms. The van der Waals surface area contributed by atoms with Crippen LogP contribution in [0.1, 0.15) is 11.1 Å². The lowest BCUT2D eigenvalue weighted by Gasteiger charge is -2.10. The van der Waals surface area contributed by atoms with E-state index in [0.29, 0.717) is 22.1 Å². The molecule has 18 heavy (non-hydrogen) atoms. The van der Waals surface area contributed by atoms with Gasteiger partial charge in [-0.15, -0.1) is 0 Å². The first-order chi connectivity index (χ1) is 8.60. The monoisotopic (exact) mass is 261 g/mol. The van der Waals surface area contributed by atoms with Crippen LogP contribution in [0.2, 0.25) is 5.02 Å². The highest BCUT2D eigenvalue weighted by molar-refractivity contribution is 6.30. The van der Waals surface area contributed by atoms with Crippen LogP contribution in [0.3, 0.4) is 0 Å². The normalized spacial score (nSPS) is 9.89. The van der Waals surface area contributed by atoms with E-state index in [-0.39, 0.29) is 0 Å². The van der Waals surface area contributed by atoms with Crippen molar-refractivity contribution in [3.8, 4) is 17.6 Å². The number of nitrogens with zero attached hydrogens (tertiary/aromatic N) is 1. The molecule has 0 spiro atoms. The summed E-state index contributed by atoms with van der Waals surface area (Å²) in [5, 5.41) is 9.42. The number of nitriles is 1. The minimum absolute atomic E-state index is 0.318. The molecule has 0 atom stereocenters. The Bertz CT molecular complexity index is 634. The van der Waals surface area contributed by atoms with E-state index in [4.69, 9.17) is 21.6 Å². The standard InChI is InChI=1S/C14H9ClFNO/c1-9-2-5-12(16)7-13(9)18-14-6-11(15)4-3-10(14)8-17/h2-7H,1H3. The van der Waals surface area contributed by atoms with Crippen LogP contribution in [0, 0.1) is 24.1 Å². The quantitative estimate of drug-likeness (QED) is 0.800. The molecule has 2 aromatic carbocycles. The summed E-state index contributed by atoms with van der Waals surface area (Å²) in [6, 6.07) is 10.9. The third-order valence-corrected chi connectivity index (χ3v) is 2.67. The van der Waals surface area contributed by atoms with E-state index < -0.39 is 5.82 Å². The predicted octanol–water partition coefficient (Wildman–Crippen LogP) is 4.45. The van der Waals surface area contributed by atoms with Crippen LogP contribution < -0.4 is 4.74 Å². The first-order valence-corrected chi connectivity index (χ1v) is 5.61. The van der Waals surface area contributed by atoms with Gasteiger partial charge in [0, 0.05) is 17.2 Å². The Morgan fingerprint density at radius 2 is 1.94 bits per heavy atom. The van der Waals surface area contributed by atoms with Gasteiger partial charge in [0.25, 0.3) is 0 Å². The van der Waals surface area contributed by atoms with Gasteiger partial charge in [0.15, 0.2) is 0 Å². The summed E-state index contributed by atoms with van der Waals surface area (Å²) in [6.45, 7) is 1.80. The van der Waals surface area contributed by atoms with E-state index in [1.54, 1.807) is 25.1 Å². The average Bonchev–Trinajstić information content (AvgIpc) is 2.34. The Labute approximate surface area is 109 Å². The van der Waals surface area contributed by atoms with E-state index in [1.807, 2.05) is 6.07 Å². The summed E-state index contributed by atoms with van der Waals surface area (Å²) in [4.78, 5) is 0. The van der Waals surface area contributed by atoms with Gasteiger partial charge in [-0.1, -0.05) is 17.7 Å². The van der Waals surface area contributed by atoms with Crippen molar-refractivity contribution in [3.63, 3.8) is 0 Å². The third kappa shape index (κ3) is 2.61. The number of hydrogen-bond donors (Lipinski definition) is 0. The summed E-state index contributed by atoms with van der Waals surface area (Å²) in [6.07, 6.45) is 0. The van der Waals surface area contributed by atoms with Crippen molar-refractivity contribution in [3.05, 3.63) is 58.4 Å². The molecule has 2 rings (SSSR count). The molecule has 2 aromatic rings. The molecule has 0 unspecified atom stereocenters. The summed E-state index contributed by atoms with van der Waals surface area (Å²) in [5.74, 6) is 0.295. The van der Waals surface area contributed by atoms with Gasteiger partial charge in [-0.25, -0.2) is 4.39 Å². The molecule has 0 heterocycles. The highest BCUT2D eigenvalue weighted by Gasteiger charge is 2.08. The molecule has 0 aliphatic rings. The Kier molecular flexibility index (Phi) is 3.50.